The van der Waals surface area contributed by atoms with E-state index in [1.807, 2.05) is 30.2 Å². The van der Waals surface area contributed by atoms with Gasteiger partial charge in [-0.3, -0.25) is 9.69 Å². The van der Waals surface area contributed by atoms with Crippen LogP contribution in [0.25, 0.3) is 0 Å². The van der Waals surface area contributed by atoms with Crippen LogP contribution in [0.2, 0.25) is 0 Å². The normalized spacial score (nSPS) is 15.6. The van der Waals surface area contributed by atoms with Gasteiger partial charge in [-0.05, 0) is 24.6 Å². The van der Waals surface area contributed by atoms with Crippen LogP contribution in [0.15, 0.2) is 41.1 Å². The number of piperazine rings is 1. The van der Waals surface area contributed by atoms with Crippen LogP contribution in [-0.4, -0.2) is 53.5 Å². The van der Waals surface area contributed by atoms with Crippen molar-refractivity contribution in [2.24, 2.45) is 0 Å². The molecule has 0 bridgehead atoms. The molecule has 0 radical (unpaired) electrons. The van der Waals surface area contributed by atoms with Crippen molar-refractivity contribution in [3.05, 3.63) is 48.0 Å². The summed E-state index contributed by atoms with van der Waals surface area (Å²) in [7, 11) is 0. The van der Waals surface area contributed by atoms with Gasteiger partial charge in [-0.25, -0.2) is 4.98 Å². The van der Waals surface area contributed by atoms with E-state index in [1.54, 1.807) is 12.1 Å². The van der Waals surface area contributed by atoms with Gasteiger partial charge in [0, 0.05) is 45.0 Å². The maximum Gasteiger partial charge on any atom is 0.289 e. The number of nitrogens with zero attached hydrogens (tertiary/aromatic N) is 3. The van der Waals surface area contributed by atoms with Gasteiger partial charge in [0.2, 0.25) is 5.88 Å². The van der Waals surface area contributed by atoms with Crippen molar-refractivity contribution in [2.75, 3.05) is 32.8 Å². The fourth-order valence-electron chi connectivity index (χ4n) is 2.66. The predicted octanol–water partition coefficient (Wildman–Crippen LogP) is 2.03. The Bertz CT molecular complexity index is 617. The molecule has 0 saturated carbocycles. The van der Waals surface area contributed by atoms with E-state index >= 15 is 0 Å². The van der Waals surface area contributed by atoms with Crippen LogP contribution in [0.5, 0.6) is 5.88 Å². The van der Waals surface area contributed by atoms with Gasteiger partial charge in [-0.15, -0.1) is 0 Å². The second-order valence-electron chi connectivity index (χ2n) is 5.48. The highest BCUT2D eigenvalue weighted by Gasteiger charge is 2.23. The van der Waals surface area contributed by atoms with Crippen LogP contribution in [0.4, 0.5) is 0 Å². The van der Waals surface area contributed by atoms with E-state index in [4.69, 9.17) is 9.15 Å². The smallest absolute Gasteiger partial charge is 0.289 e. The lowest BCUT2D eigenvalue weighted by Gasteiger charge is -2.34. The minimum Gasteiger partial charge on any atom is -0.478 e. The van der Waals surface area contributed by atoms with E-state index in [9.17, 15) is 4.79 Å². The second-order valence-corrected chi connectivity index (χ2v) is 5.48. The van der Waals surface area contributed by atoms with Gasteiger partial charge in [0.05, 0.1) is 12.9 Å². The lowest BCUT2D eigenvalue weighted by atomic mass is 10.2. The van der Waals surface area contributed by atoms with Crippen LogP contribution in [0.3, 0.4) is 0 Å². The second kappa shape index (κ2) is 7.28. The summed E-state index contributed by atoms with van der Waals surface area (Å²) in [5.41, 5.74) is 1.15. The lowest BCUT2D eigenvalue weighted by Crippen LogP contribution is -2.48. The molecular weight excluding hydrogens is 294 g/mol. The van der Waals surface area contributed by atoms with Gasteiger partial charge in [-0.1, -0.05) is 6.07 Å². The molecule has 1 saturated heterocycles. The number of furan rings is 1. The Hall–Kier alpha value is -2.34. The molecular formula is C17H21N3O3. The highest BCUT2D eigenvalue weighted by atomic mass is 16.5. The average Bonchev–Trinajstić information content (AvgIpc) is 3.11. The van der Waals surface area contributed by atoms with Gasteiger partial charge < -0.3 is 14.1 Å². The Kier molecular flexibility index (Phi) is 4.92. The van der Waals surface area contributed by atoms with Crippen LogP contribution < -0.4 is 4.74 Å². The summed E-state index contributed by atoms with van der Waals surface area (Å²) >= 11 is 0. The first-order valence-electron chi connectivity index (χ1n) is 7.89. The van der Waals surface area contributed by atoms with Crippen LogP contribution >= 0.6 is 0 Å². The standard InChI is InChI=1S/C17H21N3O3/c1-2-22-16-6-5-14(12-18-16)13-19-7-9-20(10-8-19)17(21)15-4-3-11-23-15/h3-6,11-12H,2,7-10,13H2,1H3. The van der Waals surface area contributed by atoms with Crippen LogP contribution in [0.1, 0.15) is 23.0 Å². The molecule has 6 nitrogen and oxygen atoms in total. The van der Waals surface area contributed by atoms with E-state index in [1.165, 1.54) is 6.26 Å². The summed E-state index contributed by atoms with van der Waals surface area (Å²) < 4.78 is 10.5. The molecule has 0 aromatic carbocycles. The summed E-state index contributed by atoms with van der Waals surface area (Å²) in [6, 6.07) is 7.39. The Morgan fingerprint density at radius 1 is 1.26 bits per heavy atom. The topological polar surface area (TPSA) is 58.8 Å². The number of rotatable bonds is 5. The van der Waals surface area contributed by atoms with Crippen molar-refractivity contribution in [1.29, 1.82) is 0 Å². The molecule has 23 heavy (non-hydrogen) atoms. The van der Waals surface area contributed by atoms with Crippen molar-refractivity contribution in [3.8, 4) is 5.88 Å². The molecule has 1 fully saturated rings. The van der Waals surface area contributed by atoms with Crippen LogP contribution in [0, 0.1) is 0 Å². The van der Waals surface area contributed by atoms with Gasteiger partial charge in [0.25, 0.3) is 5.91 Å². The number of carbonyl (C=O) groups excluding carboxylic acids is 1. The maximum absolute atomic E-state index is 12.2. The quantitative estimate of drug-likeness (QED) is 0.845. The molecule has 0 N–H and O–H groups in total. The molecule has 0 atom stereocenters. The maximum atomic E-state index is 12.2. The Morgan fingerprint density at radius 3 is 2.70 bits per heavy atom. The third-order valence-corrected chi connectivity index (χ3v) is 3.89. The fraction of sp³-hybridized carbons (Fsp3) is 0.412. The monoisotopic (exact) mass is 315 g/mol. The molecule has 3 rings (SSSR count). The molecule has 3 heterocycles. The van der Waals surface area contributed by atoms with Gasteiger partial charge in [0.1, 0.15) is 0 Å². The molecule has 0 spiro atoms. The van der Waals surface area contributed by atoms with E-state index in [0.29, 0.717) is 31.3 Å². The number of hydrogen-bond acceptors (Lipinski definition) is 5. The molecule has 6 heteroatoms. The number of carbonyl (C=O) groups is 1. The number of pyridine rings is 1. The SMILES string of the molecule is CCOc1ccc(CN2CCN(C(=O)c3ccco3)CC2)cn1. The summed E-state index contributed by atoms with van der Waals surface area (Å²) in [5, 5.41) is 0. The van der Waals surface area contributed by atoms with Gasteiger partial charge in [0.15, 0.2) is 5.76 Å². The van der Waals surface area contributed by atoms with Crippen molar-refractivity contribution < 1.29 is 13.9 Å². The first-order chi connectivity index (χ1) is 11.3. The summed E-state index contributed by atoms with van der Waals surface area (Å²) in [4.78, 5) is 20.7. The first-order valence-corrected chi connectivity index (χ1v) is 7.89. The zero-order valence-corrected chi connectivity index (χ0v) is 13.3. The largest absolute Gasteiger partial charge is 0.478 e. The zero-order valence-electron chi connectivity index (χ0n) is 13.3. The fourth-order valence-corrected chi connectivity index (χ4v) is 2.66. The average molecular weight is 315 g/mol. The van der Waals surface area contributed by atoms with Crippen molar-refractivity contribution in [2.45, 2.75) is 13.5 Å². The third kappa shape index (κ3) is 3.90. The molecule has 122 valence electrons. The van der Waals surface area contributed by atoms with Gasteiger partial charge >= 0.3 is 0 Å². The van der Waals surface area contributed by atoms with Crippen LogP contribution in [-0.2, 0) is 6.54 Å². The van der Waals surface area contributed by atoms with E-state index in [-0.39, 0.29) is 5.91 Å². The van der Waals surface area contributed by atoms with Crippen molar-refractivity contribution in [1.82, 2.24) is 14.8 Å². The number of aromatic nitrogens is 1. The minimum atomic E-state index is -0.0302. The molecule has 1 aliphatic rings. The molecule has 2 aromatic heterocycles. The molecule has 0 aliphatic carbocycles. The molecule has 1 aliphatic heterocycles. The summed E-state index contributed by atoms with van der Waals surface area (Å²) in [5.74, 6) is 1.04. The predicted molar refractivity (Wildman–Crippen MR) is 85.3 cm³/mol. The highest BCUT2D eigenvalue weighted by Crippen LogP contribution is 2.13. The Morgan fingerprint density at radius 2 is 2.09 bits per heavy atom. The van der Waals surface area contributed by atoms with Gasteiger partial charge in [-0.2, -0.15) is 0 Å². The Labute approximate surface area is 135 Å². The minimum absolute atomic E-state index is 0.0302. The lowest BCUT2D eigenvalue weighted by molar-refractivity contribution is 0.0597. The third-order valence-electron chi connectivity index (χ3n) is 3.89. The first kappa shape index (κ1) is 15.6. The molecule has 2 aromatic rings. The molecule has 0 unspecified atom stereocenters. The van der Waals surface area contributed by atoms with Crippen molar-refractivity contribution in [3.63, 3.8) is 0 Å². The molecule has 1 amide bonds. The van der Waals surface area contributed by atoms with E-state index < -0.39 is 0 Å². The number of ether oxygens (including phenoxy) is 1. The summed E-state index contributed by atoms with van der Waals surface area (Å²) in [6.45, 7) is 6.52. The zero-order chi connectivity index (χ0) is 16.1. The Balaban J connectivity index is 1.50. The highest BCUT2D eigenvalue weighted by molar-refractivity contribution is 5.91. The van der Waals surface area contributed by atoms with E-state index in [2.05, 4.69) is 9.88 Å². The summed E-state index contributed by atoms with van der Waals surface area (Å²) in [6.07, 6.45) is 3.38. The number of amides is 1. The van der Waals surface area contributed by atoms with Crippen molar-refractivity contribution >= 4 is 5.91 Å². The number of hydrogen-bond donors (Lipinski definition) is 0. The van der Waals surface area contributed by atoms with E-state index in [0.717, 1.165) is 25.2 Å².